The van der Waals surface area contributed by atoms with Gasteiger partial charge in [-0.25, -0.2) is 15.0 Å². The molecule has 0 aliphatic carbocycles. The Labute approximate surface area is 166 Å². The number of aromatic nitrogens is 4. The predicted molar refractivity (Wildman–Crippen MR) is 112 cm³/mol. The van der Waals surface area contributed by atoms with Gasteiger partial charge in [0.2, 0.25) is 11.9 Å². The molecule has 2 N–H and O–H groups in total. The molecule has 7 heteroatoms. The fourth-order valence-electron chi connectivity index (χ4n) is 2.91. The summed E-state index contributed by atoms with van der Waals surface area (Å²) in [5.41, 5.74) is 2.90. The van der Waals surface area contributed by atoms with Gasteiger partial charge in [0, 0.05) is 22.0 Å². The molecule has 2 heterocycles. The van der Waals surface area contributed by atoms with E-state index in [0.717, 1.165) is 22.2 Å². The van der Waals surface area contributed by atoms with Gasteiger partial charge >= 0.3 is 0 Å². The third kappa shape index (κ3) is 3.73. The number of anilines is 2. The molecule has 0 fully saturated rings. The van der Waals surface area contributed by atoms with Crippen LogP contribution in [-0.4, -0.2) is 19.9 Å². The van der Waals surface area contributed by atoms with Crippen LogP contribution in [0.5, 0.6) is 0 Å². The first-order chi connectivity index (χ1) is 13.5. The van der Waals surface area contributed by atoms with Gasteiger partial charge in [0.25, 0.3) is 5.56 Å². The maximum Gasteiger partial charge on any atom is 0.252 e. The highest BCUT2D eigenvalue weighted by atomic mass is 35.5. The van der Waals surface area contributed by atoms with E-state index in [1.807, 2.05) is 56.3 Å². The van der Waals surface area contributed by atoms with Crippen molar-refractivity contribution in [3.8, 4) is 11.3 Å². The number of hydrogen-bond acceptors (Lipinski definition) is 5. The lowest BCUT2D eigenvalue weighted by molar-refractivity contribution is 0.811. The molecule has 0 atom stereocenters. The molecule has 140 valence electrons. The minimum absolute atomic E-state index is 0.127. The molecule has 28 heavy (non-hydrogen) atoms. The summed E-state index contributed by atoms with van der Waals surface area (Å²) in [6.07, 6.45) is 0. The summed E-state index contributed by atoms with van der Waals surface area (Å²) in [6.45, 7) is 3.96. The number of H-pyrrole nitrogens is 1. The van der Waals surface area contributed by atoms with Crippen LogP contribution in [0.25, 0.3) is 22.2 Å². The van der Waals surface area contributed by atoms with Crippen molar-refractivity contribution < 1.29 is 0 Å². The van der Waals surface area contributed by atoms with E-state index in [1.54, 1.807) is 6.07 Å². The number of aromatic amines is 1. The van der Waals surface area contributed by atoms with Gasteiger partial charge in [-0.15, -0.1) is 0 Å². The molecule has 2 aromatic carbocycles. The second-order valence-corrected chi connectivity index (χ2v) is 7.16. The van der Waals surface area contributed by atoms with Gasteiger partial charge in [0.15, 0.2) is 0 Å². The van der Waals surface area contributed by atoms with E-state index in [1.165, 1.54) is 6.07 Å². The maximum absolute atomic E-state index is 12.0. The molecule has 2 aromatic heterocycles. The van der Waals surface area contributed by atoms with Gasteiger partial charge in [0.1, 0.15) is 0 Å². The quantitative estimate of drug-likeness (QED) is 0.517. The fraction of sp³-hybridized carbons (Fsp3) is 0.143. The van der Waals surface area contributed by atoms with Crippen LogP contribution in [0.2, 0.25) is 5.02 Å². The van der Waals surface area contributed by atoms with Crippen LogP contribution in [0.15, 0.2) is 59.4 Å². The minimum atomic E-state index is -0.225. The zero-order valence-corrected chi connectivity index (χ0v) is 16.2. The number of hydrogen-bond donors (Lipinski definition) is 2. The molecule has 0 spiro atoms. The SMILES string of the molecule is CC(C)c1cc(=O)[nH]c(Nc2nc(-c3ccccc3)c3cc(Cl)ccc3n2)n1. The molecule has 0 aliphatic heterocycles. The molecule has 0 saturated heterocycles. The number of rotatable bonds is 4. The first kappa shape index (κ1) is 18.1. The van der Waals surface area contributed by atoms with E-state index in [0.29, 0.717) is 22.6 Å². The van der Waals surface area contributed by atoms with Crippen LogP contribution in [0, 0.1) is 0 Å². The maximum atomic E-state index is 12.0. The van der Waals surface area contributed by atoms with Crippen molar-refractivity contribution in [2.24, 2.45) is 0 Å². The molecule has 0 radical (unpaired) electrons. The summed E-state index contributed by atoms with van der Waals surface area (Å²) in [6, 6.07) is 16.8. The topological polar surface area (TPSA) is 83.6 Å². The zero-order chi connectivity index (χ0) is 19.7. The Bertz CT molecular complexity index is 1200. The lowest BCUT2D eigenvalue weighted by atomic mass is 10.1. The Hall–Kier alpha value is -3.25. The Kier molecular flexibility index (Phi) is 4.79. The molecule has 0 unspecified atom stereocenters. The predicted octanol–water partition coefficient (Wildman–Crippen LogP) is 4.90. The highest BCUT2D eigenvalue weighted by Crippen LogP contribution is 2.29. The van der Waals surface area contributed by atoms with Crippen molar-refractivity contribution in [1.82, 2.24) is 19.9 Å². The monoisotopic (exact) mass is 391 g/mol. The fourth-order valence-corrected chi connectivity index (χ4v) is 3.08. The average Bonchev–Trinajstić information content (AvgIpc) is 2.68. The second kappa shape index (κ2) is 7.40. The average molecular weight is 392 g/mol. The third-order valence-electron chi connectivity index (χ3n) is 4.29. The second-order valence-electron chi connectivity index (χ2n) is 6.72. The standard InChI is InChI=1S/C21H18ClN5O/c1-12(2)17-11-18(28)25-20(24-17)27-21-23-16-9-8-14(22)10-15(16)19(26-21)13-6-4-3-5-7-13/h3-12H,1-2H3,(H2,23,24,25,26,27,28). The summed E-state index contributed by atoms with van der Waals surface area (Å²) < 4.78 is 0. The van der Waals surface area contributed by atoms with Gasteiger partial charge in [-0.05, 0) is 24.1 Å². The highest BCUT2D eigenvalue weighted by Gasteiger charge is 2.12. The van der Waals surface area contributed by atoms with Crippen molar-refractivity contribution >= 4 is 34.4 Å². The molecule has 4 rings (SSSR count). The van der Waals surface area contributed by atoms with Crippen molar-refractivity contribution in [2.75, 3.05) is 5.32 Å². The summed E-state index contributed by atoms with van der Waals surface area (Å²) in [7, 11) is 0. The third-order valence-corrected chi connectivity index (χ3v) is 4.52. The van der Waals surface area contributed by atoms with Crippen molar-refractivity contribution in [3.05, 3.63) is 75.7 Å². The molecular weight excluding hydrogens is 374 g/mol. The molecule has 0 saturated carbocycles. The molecule has 0 aliphatic rings. The van der Waals surface area contributed by atoms with Crippen LogP contribution < -0.4 is 10.9 Å². The van der Waals surface area contributed by atoms with Crippen molar-refractivity contribution in [2.45, 2.75) is 19.8 Å². The Morgan fingerprint density at radius 3 is 2.54 bits per heavy atom. The normalized spacial score (nSPS) is 11.1. The molecule has 4 aromatic rings. The van der Waals surface area contributed by atoms with Crippen LogP contribution in [0.1, 0.15) is 25.5 Å². The zero-order valence-electron chi connectivity index (χ0n) is 15.4. The van der Waals surface area contributed by atoms with Gasteiger partial charge in [0.05, 0.1) is 16.9 Å². The van der Waals surface area contributed by atoms with Gasteiger partial charge in [-0.2, -0.15) is 0 Å². The lowest BCUT2D eigenvalue weighted by Gasteiger charge is -2.11. The van der Waals surface area contributed by atoms with Crippen LogP contribution in [-0.2, 0) is 0 Å². The molecule has 6 nitrogen and oxygen atoms in total. The summed E-state index contributed by atoms with van der Waals surface area (Å²) in [5.74, 6) is 0.781. The van der Waals surface area contributed by atoms with E-state index in [-0.39, 0.29) is 11.5 Å². The van der Waals surface area contributed by atoms with Crippen LogP contribution in [0.3, 0.4) is 0 Å². The largest absolute Gasteiger partial charge is 0.294 e. The molecule has 0 bridgehead atoms. The van der Waals surface area contributed by atoms with Gasteiger partial charge in [-0.1, -0.05) is 55.8 Å². The van der Waals surface area contributed by atoms with E-state index >= 15 is 0 Å². The Morgan fingerprint density at radius 1 is 1.00 bits per heavy atom. The van der Waals surface area contributed by atoms with Crippen LogP contribution >= 0.6 is 11.6 Å². The summed E-state index contributed by atoms with van der Waals surface area (Å²) in [4.78, 5) is 28.3. The lowest BCUT2D eigenvalue weighted by Crippen LogP contribution is -2.13. The minimum Gasteiger partial charge on any atom is -0.294 e. The summed E-state index contributed by atoms with van der Waals surface area (Å²) in [5, 5.41) is 4.50. The number of halogens is 1. The molecule has 0 amide bonds. The van der Waals surface area contributed by atoms with E-state index < -0.39 is 0 Å². The van der Waals surface area contributed by atoms with Crippen molar-refractivity contribution in [3.63, 3.8) is 0 Å². The highest BCUT2D eigenvalue weighted by molar-refractivity contribution is 6.31. The number of nitrogens with zero attached hydrogens (tertiary/aromatic N) is 3. The van der Waals surface area contributed by atoms with E-state index in [9.17, 15) is 4.79 Å². The van der Waals surface area contributed by atoms with Crippen LogP contribution in [0.4, 0.5) is 11.9 Å². The first-order valence-electron chi connectivity index (χ1n) is 8.90. The smallest absolute Gasteiger partial charge is 0.252 e. The summed E-state index contributed by atoms with van der Waals surface area (Å²) >= 11 is 6.19. The van der Waals surface area contributed by atoms with Gasteiger partial charge in [-0.3, -0.25) is 15.1 Å². The van der Waals surface area contributed by atoms with E-state index in [2.05, 4.69) is 25.3 Å². The number of nitrogens with one attached hydrogen (secondary N) is 2. The number of fused-ring (bicyclic) bond motifs is 1. The Morgan fingerprint density at radius 2 is 1.79 bits per heavy atom. The van der Waals surface area contributed by atoms with Crippen molar-refractivity contribution in [1.29, 1.82) is 0 Å². The molecular formula is C21H18ClN5O. The number of benzene rings is 2. The van der Waals surface area contributed by atoms with E-state index in [4.69, 9.17) is 11.6 Å². The first-order valence-corrected chi connectivity index (χ1v) is 9.28. The van der Waals surface area contributed by atoms with Gasteiger partial charge < -0.3 is 0 Å². The Balaban J connectivity index is 1.85.